The van der Waals surface area contributed by atoms with E-state index in [1.54, 1.807) is 13.0 Å². The van der Waals surface area contributed by atoms with E-state index in [0.29, 0.717) is 11.6 Å². The lowest BCUT2D eigenvalue weighted by Gasteiger charge is -2.10. The number of aromatic nitrogens is 4. The first-order valence-corrected chi connectivity index (χ1v) is 5.56. The third kappa shape index (κ3) is 3.73. The van der Waals surface area contributed by atoms with E-state index in [0.717, 1.165) is 0 Å². The smallest absolute Gasteiger partial charge is 0.258 e. The molecule has 7 nitrogen and oxygen atoms in total. The number of carbonyl (C=O) groups is 1. The molecule has 8 heteroatoms. The summed E-state index contributed by atoms with van der Waals surface area (Å²) in [5.41, 5.74) is 0. The van der Waals surface area contributed by atoms with Crippen LogP contribution in [0, 0.1) is 5.82 Å². The van der Waals surface area contributed by atoms with E-state index in [1.807, 2.05) is 0 Å². The van der Waals surface area contributed by atoms with Crippen molar-refractivity contribution >= 4 is 5.91 Å². The van der Waals surface area contributed by atoms with Crippen LogP contribution in [0.3, 0.4) is 0 Å². The normalized spacial score (nSPS) is 11.9. The Balaban J connectivity index is 1.82. The van der Waals surface area contributed by atoms with Crippen LogP contribution in [-0.2, 0) is 4.79 Å². The van der Waals surface area contributed by atoms with E-state index >= 15 is 0 Å². The highest BCUT2D eigenvalue weighted by Gasteiger charge is 2.13. The van der Waals surface area contributed by atoms with E-state index in [4.69, 9.17) is 4.74 Å². The summed E-state index contributed by atoms with van der Waals surface area (Å²) in [6.07, 6.45) is 0. The van der Waals surface area contributed by atoms with Crippen LogP contribution in [0.15, 0.2) is 24.3 Å². The largest absolute Gasteiger partial charge is 0.484 e. The highest BCUT2D eigenvalue weighted by atomic mass is 19.1. The molecule has 0 saturated heterocycles. The van der Waals surface area contributed by atoms with Gasteiger partial charge < -0.3 is 10.1 Å². The third-order valence-electron chi connectivity index (χ3n) is 2.29. The predicted octanol–water partition coefficient (Wildman–Crippen LogP) is 0.595. The van der Waals surface area contributed by atoms with Crippen molar-refractivity contribution in [1.29, 1.82) is 0 Å². The van der Waals surface area contributed by atoms with Gasteiger partial charge in [-0.2, -0.15) is 5.21 Å². The fourth-order valence-electron chi connectivity index (χ4n) is 1.41. The summed E-state index contributed by atoms with van der Waals surface area (Å²) in [6.45, 7) is 1.50. The summed E-state index contributed by atoms with van der Waals surface area (Å²) >= 11 is 0. The maximum Gasteiger partial charge on any atom is 0.258 e. The Morgan fingerprint density at radius 2 is 2.42 bits per heavy atom. The van der Waals surface area contributed by atoms with Crippen LogP contribution in [0.25, 0.3) is 0 Å². The SMILES string of the molecule is CC(NC(=O)COc1cccc(F)c1)c1nn[nH]n1. The molecule has 0 saturated carbocycles. The number of rotatable bonds is 5. The number of tetrazole rings is 1. The second kappa shape index (κ2) is 5.89. The minimum absolute atomic E-state index is 0.217. The van der Waals surface area contributed by atoms with Gasteiger partial charge >= 0.3 is 0 Å². The van der Waals surface area contributed by atoms with Gasteiger partial charge in [-0.3, -0.25) is 4.79 Å². The number of hydrogen-bond acceptors (Lipinski definition) is 5. The molecule has 100 valence electrons. The first-order chi connectivity index (χ1) is 9.15. The van der Waals surface area contributed by atoms with Crippen molar-refractivity contribution in [3.05, 3.63) is 35.9 Å². The van der Waals surface area contributed by atoms with E-state index < -0.39 is 5.82 Å². The summed E-state index contributed by atoms with van der Waals surface area (Å²) in [6, 6.07) is 5.19. The van der Waals surface area contributed by atoms with Crippen LogP contribution in [0.2, 0.25) is 0 Å². The molecule has 1 aromatic carbocycles. The van der Waals surface area contributed by atoms with Gasteiger partial charge in [0, 0.05) is 6.07 Å². The van der Waals surface area contributed by atoms with Gasteiger partial charge in [0.2, 0.25) is 0 Å². The number of nitrogens with zero attached hydrogens (tertiary/aromatic N) is 3. The topological polar surface area (TPSA) is 92.8 Å². The highest BCUT2D eigenvalue weighted by Crippen LogP contribution is 2.11. The summed E-state index contributed by atoms with van der Waals surface area (Å²) in [5.74, 6) is -0.110. The number of halogens is 1. The molecule has 1 amide bonds. The first-order valence-electron chi connectivity index (χ1n) is 5.56. The average molecular weight is 265 g/mol. The number of aromatic amines is 1. The van der Waals surface area contributed by atoms with Crippen LogP contribution in [0.5, 0.6) is 5.75 Å². The van der Waals surface area contributed by atoms with Crippen LogP contribution in [-0.4, -0.2) is 33.1 Å². The molecule has 0 aliphatic heterocycles. The zero-order valence-electron chi connectivity index (χ0n) is 10.1. The molecular weight excluding hydrogens is 253 g/mol. The zero-order chi connectivity index (χ0) is 13.7. The quantitative estimate of drug-likeness (QED) is 0.825. The van der Waals surface area contributed by atoms with Crippen LogP contribution in [0.4, 0.5) is 4.39 Å². The fraction of sp³-hybridized carbons (Fsp3) is 0.273. The van der Waals surface area contributed by atoms with E-state index in [2.05, 4.69) is 25.9 Å². The number of nitrogens with one attached hydrogen (secondary N) is 2. The van der Waals surface area contributed by atoms with Gasteiger partial charge in [-0.15, -0.1) is 10.2 Å². The molecule has 0 radical (unpaired) electrons. The molecule has 0 fully saturated rings. The fourth-order valence-corrected chi connectivity index (χ4v) is 1.41. The van der Waals surface area contributed by atoms with Crippen molar-refractivity contribution in [1.82, 2.24) is 25.9 Å². The highest BCUT2D eigenvalue weighted by molar-refractivity contribution is 5.77. The molecule has 2 aromatic rings. The molecular formula is C11H12FN5O2. The summed E-state index contributed by atoms with van der Waals surface area (Å²) in [7, 11) is 0. The Morgan fingerprint density at radius 3 is 3.11 bits per heavy atom. The summed E-state index contributed by atoms with van der Waals surface area (Å²) < 4.78 is 18.0. The van der Waals surface area contributed by atoms with Crippen molar-refractivity contribution in [2.24, 2.45) is 0 Å². The second-order valence-electron chi connectivity index (χ2n) is 3.81. The average Bonchev–Trinajstić information content (AvgIpc) is 2.90. The Kier molecular flexibility index (Phi) is 4.01. The number of benzene rings is 1. The number of hydrogen-bond donors (Lipinski definition) is 2. The van der Waals surface area contributed by atoms with Gasteiger partial charge in [0.15, 0.2) is 12.4 Å². The molecule has 0 bridgehead atoms. The predicted molar refractivity (Wildman–Crippen MR) is 62.6 cm³/mol. The van der Waals surface area contributed by atoms with Gasteiger partial charge in [-0.1, -0.05) is 11.3 Å². The van der Waals surface area contributed by atoms with Crippen molar-refractivity contribution in [3.8, 4) is 5.75 Å². The summed E-state index contributed by atoms with van der Waals surface area (Å²) in [4.78, 5) is 11.6. The number of ether oxygens (including phenoxy) is 1. The Labute approximate surface area is 108 Å². The molecule has 2 N–H and O–H groups in total. The van der Waals surface area contributed by atoms with E-state index in [1.165, 1.54) is 18.2 Å². The minimum atomic E-state index is -0.418. The van der Waals surface area contributed by atoms with Gasteiger partial charge in [-0.25, -0.2) is 4.39 Å². The monoisotopic (exact) mass is 265 g/mol. The van der Waals surface area contributed by atoms with E-state index in [-0.39, 0.29) is 18.6 Å². The second-order valence-corrected chi connectivity index (χ2v) is 3.81. The first kappa shape index (κ1) is 12.9. The van der Waals surface area contributed by atoms with Crippen LogP contribution >= 0.6 is 0 Å². The number of H-pyrrole nitrogens is 1. The standard InChI is InChI=1S/C11H12FN5O2/c1-7(11-14-16-17-15-11)13-10(18)6-19-9-4-2-3-8(12)5-9/h2-5,7H,6H2,1H3,(H,13,18)(H,14,15,16,17). The van der Waals surface area contributed by atoms with Gasteiger partial charge in [0.05, 0.1) is 6.04 Å². The van der Waals surface area contributed by atoms with E-state index in [9.17, 15) is 9.18 Å². The van der Waals surface area contributed by atoms with Crippen molar-refractivity contribution in [2.45, 2.75) is 13.0 Å². The molecule has 1 unspecified atom stereocenters. The molecule has 1 heterocycles. The van der Waals surface area contributed by atoms with Gasteiger partial charge in [-0.05, 0) is 19.1 Å². The lowest BCUT2D eigenvalue weighted by atomic mass is 10.3. The van der Waals surface area contributed by atoms with Gasteiger partial charge in [0.1, 0.15) is 11.6 Å². The molecule has 0 aliphatic rings. The van der Waals surface area contributed by atoms with Crippen molar-refractivity contribution in [2.75, 3.05) is 6.61 Å². The maximum atomic E-state index is 12.9. The van der Waals surface area contributed by atoms with Crippen molar-refractivity contribution < 1.29 is 13.9 Å². The molecule has 2 rings (SSSR count). The van der Waals surface area contributed by atoms with Crippen LogP contribution in [0.1, 0.15) is 18.8 Å². The lowest BCUT2D eigenvalue weighted by Crippen LogP contribution is -2.31. The minimum Gasteiger partial charge on any atom is -0.484 e. The number of amides is 1. The Bertz CT molecular complexity index is 546. The molecule has 1 atom stereocenters. The Hall–Kier alpha value is -2.51. The van der Waals surface area contributed by atoms with Crippen LogP contribution < -0.4 is 10.1 Å². The van der Waals surface area contributed by atoms with Crippen molar-refractivity contribution in [3.63, 3.8) is 0 Å². The number of carbonyl (C=O) groups excluding carboxylic acids is 1. The molecule has 0 aliphatic carbocycles. The lowest BCUT2D eigenvalue weighted by molar-refractivity contribution is -0.123. The van der Waals surface area contributed by atoms with Gasteiger partial charge in [0.25, 0.3) is 5.91 Å². The molecule has 0 spiro atoms. The Morgan fingerprint density at radius 1 is 1.58 bits per heavy atom. The summed E-state index contributed by atoms with van der Waals surface area (Å²) in [5, 5.41) is 15.8. The molecule has 19 heavy (non-hydrogen) atoms. The third-order valence-corrected chi connectivity index (χ3v) is 2.29. The maximum absolute atomic E-state index is 12.9. The molecule has 1 aromatic heterocycles. The zero-order valence-corrected chi connectivity index (χ0v) is 10.1.